The van der Waals surface area contributed by atoms with Gasteiger partial charge in [-0.2, -0.15) is 0 Å². The highest BCUT2D eigenvalue weighted by molar-refractivity contribution is 8.00. The van der Waals surface area contributed by atoms with Crippen LogP contribution in [0.1, 0.15) is 48.5 Å². The summed E-state index contributed by atoms with van der Waals surface area (Å²) in [5.41, 5.74) is 1.03. The van der Waals surface area contributed by atoms with Crippen molar-refractivity contribution in [1.29, 1.82) is 0 Å². The average Bonchev–Trinajstić information content (AvgIpc) is 3.76. The van der Waals surface area contributed by atoms with Crippen LogP contribution < -0.4 is 9.61 Å². The zero-order chi connectivity index (χ0) is 30.5. The Morgan fingerprint density at radius 2 is 1.73 bits per heavy atom. The van der Waals surface area contributed by atoms with Gasteiger partial charge in [-0.1, -0.05) is 29.9 Å². The van der Waals surface area contributed by atoms with Gasteiger partial charge in [0.1, 0.15) is 5.75 Å². The molecule has 11 nitrogen and oxygen atoms in total. The van der Waals surface area contributed by atoms with Gasteiger partial charge in [0.05, 0.1) is 30.1 Å². The van der Waals surface area contributed by atoms with E-state index in [1.165, 1.54) is 16.2 Å². The zero-order valence-electron chi connectivity index (χ0n) is 24.1. The number of rotatable bonds is 10. The molecule has 2 saturated carbocycles. The summed E-state index contributed by atoms with van der Waals surface area (Å²) >= 11 is 2.88. The molecule has 1 aromatic heterocycles. The number of thiazole rings is 1. The predicted molar refractivity (Wildman–Crippen MR) is 161 cm³/mol. The third kappa shape index (κ3) is 5.16. The predicted octanol–water partition coefficient (Wildman–Crippen LogP) is 2.79. The van der Waals surface area contributed by atoms with Crippen molar-refractivity contribution in [3.8, 4) is 5.75 Å². The summed E-state index contributed by atoms with van der Waals surface area (Å²) in [6, 6.07) is 7.71. The van der Waals surface area contributed by atoms with Gasteiger partial charge in [0.2, 0.25) is 11.8 Å². The summed E-state index contributed by atoms with van der Waals surface area (Å²) < 4.78 is 11.1. The number of carbonyl (C=O) groups excluding carboxylic acids is 3. The van der Waals surface area contributed by atoms with Crippen molar-refractivity contribution >= 4 is 46.8 Å². The van der Waals surface area contributed by atoms with E-state index in [-0.39, 0.29) is 76.4 Å². The molecule has 7 atom stereocenters. The third-order valence-electron chi connectivity index (χ3n) is 10.1. The van der Waals surface area contributed by atoms with Crippen LogP contribution in [-0.2, 0) is 23.9 Å². The number of unbranched alkanes of at least 4 members (excludes halogenated alkanes) is 2. The Hall–Kier alpha value is -3.16. The van der Waals surface area contributed by atoms with E-state index in [1.807, 2.05) is 24.3 Å². The first-order chi connectivity index (χ1) is 21.3. The highest BCUT2D eigenvalue weighted by atomic mass is 32.2. The summed E-state index contributed by atoms with van der Waals surface area (Å²) in [6.45, 7) is 2.48. The van der Waals surface area contributed by atoms with Crippen molar-refractivity contribution in [1.82, 2.24) is 14.8 Å². The number of nitrogens with zero attached hydrogens (tertiary/aromatic N) is 2. The van der Waals surface area contributed by atoms with Crippen LogP contribution in [0, 0.1) is 29.6 Å². The zero-order valence-corrected chi connectivity index (χ0v) is 25.8. The maximum atomic E-state index is 13.7. The van der Waals surface area contributed by atoms with E-state index >= 15 is 0 Å². The maximum Gasteiger partial charge on any atom is 0.305 e. The fourth-order valence-electron chi connectivity index (χ4n) is 8.22. The molecule has 6 unspecified atom stereocenters. The van der Waals surface area contributed by atoms with Crippen LogP contribution in [0.2, 0.25) is 0 Å². The summed E-state index contributed by atoms with van der Waals surface area (Å²) in [5, 5.41) is 9.86. The minimum Gasteiger partial charge on any atom is -0.484 e. The Labute approximate surface area is 262 Å². The number of carbonyl (C=O) groups is 4. The van der Waals surface area contributed by atoms with Crippen LogP contribution in [0.15, 0.2) is 34.1 Å². The summed E-state index contributed by atoms with van der Waals surface area (Å²) in [5.74, 6) is -1.07. The molecule has 3 amide bonds. The molecule has 1 aromatic carbocycles. The van der Waals surface area contributed by atoms with Gasteiger partial charge in [-0.05, 0) is 54.7 Å². The first kappa shape index (κ1) is 29.5. The number of imide groups is 1. The highest BCUT2D eigenvalue weighted by Gasteiger charge is 2.69. The normalized spacial score (nSPS) is 30.3. The molecule has 4 heterocycles. The van der Waals surface area contributed by atoms with Crippen LogP contribution in [-0.4, -0.2) is 88.3 Å². The number of aromatic amines is 1. The van der Waals surface area contributed by atoms with Gasteiger partial charge in [0.25, 0.3) is 5.91 Å². The van der Waals surface area contributed by atoms with Gasteiger partial charge in [-0.25, -0.2) is 0 Å². The topological polar surface area (TPSA) is 146 Å². The molecule has 0 radical (unpaired) electrons. The Balaban J connectivity index is 1.09. The maximum absolute atomic E-state index is 13.7. The minimum absolute atomic E-state index is 0.0355. The van der Waals surface area contributed by atoms with E-state index < -0.39 is 5.97 Å². The molecule has 44 heavy (non-hydrogen) atoms. The smallest absolute Gasteiger partial charge is 0.305 e. The number of amides is 3. The second kappa shape index (κ2) is 12.0. The van der Waals surface area contributed by atoms with Crippen molar-refractivity contribution in [2.75, 3.05) is 39.5 Å². The highest BCUT2D eigenvalue weighted by Crippen LogP contribution is 2.68. The number of hydrogen-bond donors (Lipinski definition) is 2. The van der Waals surface area contributed by atoms with E-state index in [4.69, 9.17) is 14.6 Å². The average molecular weight is 642 g/mol. The lowest BCUT2D eigenvalue weighted by molar-refractivity contribution is -0.141. The van der Waals surface area contributed by atoms with E-state index in [0.717, 1.165) is 21.9 Å². The van der Waals surface area contributed by atoms with Gasteiger partial charge in [0, 0.05) is 42.1 Å². The SMILES string of the molecule is O=C(O)CCCCCN1C(=O)C2C3CC(C2C1=O)C1C3Sc2[nH]c(=O)sc2[C@@H]1c1ccc(OCC(=O)N2CCOCC2)cc1. The quantitative estimate of drug-likeness (QED) is 0.295. The summed E-state index contributed by atoms with van der Waals surface area (Å²) in [7, 11) is 0. The van der Waals surface area contributed by atoms with Crippen molar-refractivity contribution < 1.29 is 33.8 Å². The molecular weight excluding hydrogens is 606 g/mol. The fourth-order valence-corrected chi connectivity index (χ4v) is 11.1. The Morgan fingerprint density at radius 1 is 1.00 bits per heavy atom. The number of H-pyrrole nitrogens is 1. The standard InChI is InChI=1S/C31H35N3O8S2/c35-20(33-10-12-41-13-11-33)15-42-17-7-5-16(6-8-17)22-23-18-14-19(26(23)43-28-27(22)44-31(40)32-28)25-24(18)29(38)34(30(25)39)9-3-1-2-4-21(36)37/h5-8,18-19,22-26H,1-4,9-15H2,(H,32,40)(H,36,37)/t18?,19?,22-,23?,24?,25?,26?/m1/s1. The number of fused-ring (bicyclic) bond motifs is 9. The molecule has 0 spiro atoms. The lowest BCUT2D eigenvalue weighted by Crippen LogP contribution is -2.43. The van der Waals surface area contributed by atoms with Gasteiger partial charge in [-0.15, -0.1) is 11.8 Å². The number of benzene rings is 1. The molecule has 2 aliphatic carbocycles. The first-order valence-electron chi connectivity index (χ1n) is 15.4. The van der Waals surface area contributed by atoms with Crippen molar-refractivity contribution in [2.24, 2.45) is 29.6 Å². The fraction of sp³-hybridized carbons (Fsp3) is 0.581. The monoisotopic (exact) mass is 641 g/mol. The number of hydrogen-bond acceptors (Lipinski definition) is 9. The van der Waals surface area contributed by atoms with Crippen molar-refractivity contribution in [3.63, 3.8) is 0 Å². The van der Waals surface area contributed by atoms with Crippen molar-refractivity contribution in [3.05, 3.63) is 44.4 Å². The number of carboxylic acids is 1. The van der Waals surface area contributed by atoms with E-state index in [0.29, 0.717) is 57.9 Å². The van der Waals surface area contributed by atoms with Crippen LogP contribution >= 0.6 is 23.1 Å². The second-order valence-corrected chi connectivity index (χ2v) is 14.5. The molecule has 7 rings (SSSR count). The largest absolute Gasteiger partial charge is 0.484 e. The Bertz CT molecular complexity index is 1520. The van der Waals surface area contributed by atoms with Gasteiger partial charge >= 0.3 is 10.8 Å². The number of aromatic nitrogens is 1. The Morgan fingerprint density at radius 3 is 2.45 bits per heavy atom. The number of nitrogens with one attached hydrogen (secondary N) is 1. The first-order valence-corrected chi connectivity index (χ1v) is 17.1. The Kier molecular flexibility index (Phi) is 8.04. The van der Waals surface area contributed by atoms with E-state index in [1.54, 1.807) is 16.7 Å². The molecule has 5 aliphatic rings. The lowest BCUT2D eigenvalue weighted by Gasteiger charge is -2.43. The number of thioether (sulfide) groups is 1. The van der Waals surface area contributed by atoms with Crippen LogP contribution in [0.25, 0.3) is 0 Å². The van der Waals surface area contributed by atoms with Gasteiger partial charge in [-0.3, -0.25) is 28.9 Å². The van der Waals surface area contributed by atoms with Crippen molar-refractivity contribution in [2.45, 2.75) is 48.3 Å². The molecule has 234 valence electrons. The van der Waals surface area contributed by atoms with Crippen LogP contribution in [0.4, 0.5) is 0 Å². The number of ether oxygens (including phenoxy) is 2. The summed E-state index contributed by atoms with van der Waals surface area (Å²) in [4.78, 5) is 70.3. The van der Waals surface area contributed by atoms with Crippen LogP contribution in [0.3, 0.4) is 0 Å². The van der Waals surface area contributed by atoms with E-state index in [2.05, 4.69) is 4.98 Å². The molecule has 2 aromatic rings. The lowest BCUT2D eigenvalue weighted by atomic mass is 9.68. The minimum atomic E-state index is -0.838. The molecule has 2 bridgehead atoms. The van der Waals surface area contributed by atoms with Gasteiger partial charge in [0.15, 0.2) is 6.61 Å². The molecule has 4 fully saturated rings. The molecular formula is C31H35N3O8S2. The van der Waals surface area contributed by atoms with Gasteiger partial charge < -0.3 is 24.5 Å². The molecule has 3 aliphatic heterocycles. The molecule has 2 N–H and O–H groups in total. The number of likely N-dealkylation sites (tertiary alicyclic amines) is 1. The number of morpholine rings is 1. The van der Waals surface area contributed by atoms with E-state index in [9.17, 15) is 24.0 Å². The second-order valence-electron chi connectivity index (χ2n) is 12.3. The summed E-state index contributed by atoms with van der Waals surface area (Å²) in [6.07, 6.45) is 2.70. The number of aliphatic carboxylic acids is 1. The molecule has 2 saturated heterocycles. The molecule has 13 heteroatoms. The third-order valence-corrected chi connectivity index (χ3v) is 12.6. The van der Waals surface area contributed by atoms with Crippen LogP contribution in [0.5, 0.6) is 5.75 Å². The number of carboxylic acid groups (broad SMARTS) is 1.